The molecule has 1 aliphatic heterocycles. The number of nitrogens with zero attached hydrogens (tertiary/aromatic N) is 2. The lowest BCUT2D eigenvalue weighted by atomic mass is 9.92. The molecule has 0 spiro atoms. The maximum atomic E-state index is 12.6. The number of methoxy groups -OCH3 is 1. The maximum absolute atomic E-state index is 12.6. The molecule has 2 rings (SSSR count). The zero-order valence-corrected chi connectivity index (χ0v) is 12.2. The fourth-order valence-electron chi connectivity index (χ4n) is 2.29. The van der Waals surface area contributed by atoms with Crippen LogP contribution in [0.4, 0.5) is 0 Å². The van der Waals surface area contributed by atoms with Crippen LogP contribution >= 0.6 is 15.9 Å². The van der Waals surface area contributed by atoms with Crippen LogP contribution in [0.1, 0.15) is 17.4 Å². The van der Waals surface area contributed by atoms with Crippen LogP contribution in [-0.4, -0.2) is 42.4 Å². The SMILES string of the molecule is COCCn1ncc(Br)c1C(=O)C1CNCC1C. The second-order valence-electron chi connectivity index (χ2n) is 4.66. The monoisotopic (exact) mass is 315 g/mol. The van der Waals surface area contributed by atoms with Gasteiger partial charge in [-0.15, -0.1) is 0 Å². The highest BCUT2D eigenvalue weighted by atomic mass is 79.9. The van der Waals surface area contributed by atoms with Gasteiger partial charge in [-0.25, -0.2) is 0 Å². The van der Waals surface area contributed by atoms with Gasteiger partial charge in [-0.3, -0.25) is 9.48 Å². The Morgan fingerprint density at radius 3 is 3.06 bits per heavy atom. The van der Waals surface area contributed by atoms with Gasteiger partial charge in [0, 0.05) is 19.6 Å². The van der Waals surface area contributed by atoms with Gasteiger partial charge in [-0.1, -0.05) is 6.92 Å². The first-order valence-corrected chi connectivity index (χ1v) is 6.89. The highest BCUT2D eigenvalue weighted by Crippen LogP contribution is 2.25. The first-order chi connectivity index (χ1) is 8.65. The summed E-state index contributed by atoms with van der Waals surface area (Å²) in [6, 6.07) is 0. The first-order valence-electron chi connectivity index (χ1n) is 6.10. The summed E-state index contributed by atoms with van der Waals surface area (Å²) in [6.45, 7) is 4.90. The molecule has 1 aliphatic rings. The molecule has 1 aromatic rings. The van der Waals surface area contributed by atoms with Gasteiger partial charge in [-0.05, 0) is 28.4 Å². The molecule has 18 heavy (non-hydrogen) atoms. The number of halogens is 1. The van der Waals surface area contributed by atoms with Crippen molar-refractivity contribution >= 4 is 21.7 Å². The molecule has 0 aliphatic carbocycles. The molecule has 1 aromatic heterocycles. The Kier molecular flexibility index (Phi) is 4.53. The number of ether oxygens (including phenoxy) is 1. The Labute approximate surface area is 115 Å². The normalized spacial score (nSPS) is 23.5. The summed E-state index contributed by atoms with van der Waals surface area (Å²) in [7, 11) is 1.64. The highest BCUT2D eigenvalue weighted by Gasteiger charge is 2.33. The molecule has 6 heteroatoms. The third-order valence-electron chi connectivity index (χ3n) is 3.39. The number of aromatic nitrogens is 2. The molecule has 100 valence electrons. The minimum atomic E-state index is 0.0410. The second kappa shape index (κ2) is 5.95. The number of ketones is 1. The first kappa shape index (κ1) is 13.7. The van der Waals surface area contributed by atoms with E-state index in [0.29, 0.717) is 24.8 Å². The van der Waals surface area contributed by atoms with E-state index in [1.165, 1.54) is 0 Å². The summed E-state index contributed by atoms with van der Waals surface area (Å²) < 4.78 is 7.53. The Bertz CT molecular complexity index is 433. The maximum Gasteiger partial charge on any atom is 0.186 e. The Morgan fingerprint density at radius 2 is 2.44 bits per heavy atom. The van der Waals surface area contributed by atoms with Gasteiger partial charge >= 0.3 is 0 Å². The third kappa shape index (κ3) is 2.65. The van der Waals surface area contributed by atoms with Crippen molar-refractivity contribution in [2.24, 2.45) is 11.8 Å². The lowest BCUT2D eigenvalue weighted by molar-refractivity contribution is 0.0892. The number of carbonyl (C=O) groups is 1. The third-order valence-corrected chi connectivity index (χ3v) is 3.97. The van der Waals surface area contributed by atoms with Crippen LogP contribution in [0.5, 0.6) is 0 Å². The number of carbonyl (C=O) groups excluding carboxylic acids is 1. The van der Waals surface area contributed by atoms with Crippen molar-refractivity contribution in [1.29, 1.82) is 0 Å². The van der Waals surface area contributed by atoms with E-state index in [9.17, 15) is 4.79 Å². The Morgan fingerprint density at radius 1 is 1.67 bits per heavy atom. The number of Topliss-reactive ketones (excluding diaryl/α,β-unsaturated/α-hetero) is 1. The molecule has 2 unspecified atom stereocenters. The van der Waals surface area contributed by atoms with Crippen LogP contribution in [0, 0.1) is 11.8 Å². The van der Waals surface area contributed by atoms with Crippen molar-refractivity contribution in [1.82, 2.24) is 15.1 Å². The van der Waals surface area contributed by atoms with Crippen molar-refractivity contribution in [2.45, 2.75) is 13.5 Å². The average molecular weight is 316 g/mol. The lowest BCUT2D eigenvalue weighted by Crippen LogP contribution is -2.25. The molecule has 5 nitrogen and oxygen atoms in total. The van der Waals surface area contributed by atoms with E-state index in [4.69, 9.17) is 4.74 Å². The number of nitrogens with one attached hydrogen (secondary N) is 1. The minimum Gasteiger partial charge on any atom is -0.383 e. The van der Waals surface area contributed by atoms with E-state index in [1.54, 1.807) is 18.0 Å². The summed E-state index contributed by atoms with van der Waals surface area (Å²) in [4.78, 5) is 12.6. The summed E-state index contributed by atoms with van der Waals surface area (Å²) in [5, 5.41) is 7.48. The molecule has 0 saturated carbocycles. The molecular weight excluding hydrogens is 298 g/mol. The standard InChI is InChI=1S/C12H18BrN3O2/c1-8-5-14-6-9(8)12(17)11-10(13)7-15-16(11)3-4-18-2/h7-9,14H,3-6H2,1-2H3. The quantitative estimate of drug-likeness (QED) is 0.833. The summed E-state index contributed by atoms with van der Waals surface area (Å²) in [6.07, 6.45) is 1.68. The fraction of sp³-hybridized carbons (Fsp3) is 0.667. The van der Waals surface area contributed by atoms with Gasteiger partial charge in [0.15, 0.2) is 5.78 Å². The zero-order chi connectivity index (χ0) is 13.1. The smallest absolute Gasteiger partial charge is 0.186 e. The zero-order valence-electron chi connectivity index (χ0n) is 10.6. The Hall–Kier alpha value is -0.720. The molecule has 2 heterocycles. The summed E-state index contributed by atoms with van der Waals surface area (Å²) >= 11 is 3.41. The molecule has 1 saturated heterocycles. The van der Waals surface area contributed by atoms with Crippen LogP contribution in [0.25, 0.3) is 0 Å². The van der Waals surface area contributed by atoms with Gasteiger partial charge < -0.3 is 10.1 Å². The van der Waals surface area contributed by atoms with Crippen molar-refractivity contribution in [3.8, 4) is 0 Å². The predicted octanol–water partition coefficient (Wildman–Crippen LogP) is 1.33. The average Bonchev–Trinajstić information content (AvgIpc) is 2.92. The van der Waals surface area contributed by atoms with E-state index in [1.807, 2.05) is 0 Å². The van der Waals surface area contributed by atoms with Crippen LogP contribution < -0.4 is 5.32 Å². The van der Waals surface area contributed by atoms with Crippen molar-refractivity contribution in [3.05, 3.63) is 16.4 Å². The predicted molar refractivity (Wildman–Crippen MR) is 71.7 cm³/mol. The molecule has 0 aromatic carbocycles. The molecule has 1 N–H and O–H groups in total. The highest BCUT2D eigenvalue weighted by molar-refractivity contribution is 9.10. The topological polar surface area (TPSA) is 56.2 Å². The molecule has 2 atom stereocenters. The van der Waals surface area contributed by atoms with E-state index < -0.39 is 0 Å². The van der Waals surface area contributed by atoms with Gasteiger partial charge in [0.2, 0.25) is 0 Å². The van der Waals surface area contributed by atoms with Crippen LogP contribution in [-0.2, 0) is 11.3 Å². The second-order valence-corrected chi connectivity index (χ2v) is 5.52. The Balaban J connectivity index is 2.20. The molecule has 0 radical (unpaired) electrons. The van der Waals surface area contributed by atoms with E-state index in [0.717, 1.165) is 17.6 Å². The van der Waals surface area contributed by atoms with E-state index in [-0.39, 0.29) is 11.7 Å². The molecule has 0 bridgehead atoms. The van der Waals surface area contributed by atoms with Crippen molar-refractivity contribution in [3.63, 3.8) is 0 Å². The molecule has 1 fully saturated rings. The van der Waals surface area contributed by atoms with Crippen LogP contribution in [0.15, 0.2) is 10.7 Å². The van der Waals surface area contributed by atoms with Gasteiger partial charge in [-0.2, -0.15) is 5.10 Å². The summed E-state index contributed by atoms with van der Waals surface area (Å²) in [5.41, 5.74) is 0.660. The van der Waals surface area contributed by atoms with Crippen molar-refractivity contribution < 1.29 is 9.53 Å². The van der Waals surface area contributed by atoms with E-state index in [2.05, 4.69) is 33.3 Å². The molecule has 0 amide bonds. The number of hydrogen-bond donors (Lipinski definition) is 1. The lowest BCUT2D eigenvalue weighted by Gasteiger charge is -2.14. The minimum absolute atomic E-state index is 0.0410. The largest absolute Gasteiger partial charge is 0.383 e. The van der Waals surface area contributed by atoms with Crippen LogP contribution in [0.2, 0.25) is 0 Å². The van der Waals surface area contributed by atoms with E-state index >= 15 is 0 Å². The fourth-order valence-corrected chi connectivity index (χ4v) is 2.78. The van der Waals surface area contributed by atoms with Crippen molar-refractivity contribution in [2.75, 3.05) is 26.8 Å². The van der Waals surface area contributed by atoms with Gasteiger partial charge in [0.1, 0.15) is 5.69 Å². The van der Waals surface area contributed by atoms with Gasteiger partial charge in [0.05, 0.1) is 23.8 Å². The van der Waals surface area contributed by atoms with Crippen LogP contribution in [0.3, 0.4) is 0 Å². The number of rotatable bonds is 5. The number of hydrogen-bond acceptors (Lipinski definition) is 4. The molecular formula is C12H18BrN3O2. The summed E-state index contributed by atoms with van der Waals surface area (Å²) in [5.74, 6) is 0.572. The van der Waals surface area contributed by atoms with Gasteiger partial charge in [0.25, 0.3) is 0 Å².